The molecule has 1 amide bonds. The summed E-state index contributed by atoms with van der Waals surface area (Å²) in [7, 11) is 3.71. The maximum Gasteiger partial charge on any atom is 0.414 e. The highest BCUT2D eigenvalue weighted by atomic mass is 16.5. The highest BCUT2D eigenvalue weighted by molar-refractivity contribution is 5.91. The molecule has 0 saturated carbocycles. The normalized spacial score (nSPS) is 30.8. The summed E-state index contributed by atoms with van der Waals surface area (Å²) in [6, 6.07) is 7.08. The third kappa shape index (κ3) is 1.81. The molecule has 2 aliphatic heterocycles. The standard InChI is InChI=1S/C17H22N2O2/c1-18-8-4-6-12-13-5-3-7-14-16(13)11(9-15(12)18)10-19(14)17(20)21-2/h3,5,7,11-12,15H,4,6,8-10H2,1-2H3/t11?,12-,15-/m1/s1. The second kappa shape index (κ2) is 4.73. The van der Waals surface area contributed by atoms with Crippen molar-refractivity contribution in [2.24, 2.45) is 0 Å². The minimum Gasteiger partial charge on any atom is -0.452 e. The number of rotatable bonds is 0. The van der Waals surface area contributed by atoms with Crippen LogP contribution in [0.15, 0.2) is 18.2 Å². The first-order valence-corrected chi connectivity index (χ1v) is 7.89. The smallest absolute Gasteiger partial charge is 0.414 e. The van der Waals surface area contributed by atoms with Crippen LogP contribution in [0.3, 0.4) is 0 Å². The summed E-state index contributed by atoms with van der Waals surface area (Å²) in [6.07, 6.45) is 3.48. The fourth-order valence-corrected chi connectivity index (χ4v) is 4.68. The second-order valence-corrected chi connectivity index (χ2v) is 6.59. The first-order chi connectivity index (χ1) is 10.2. The number of anilines is 1. The number of likely N-dealkylation sites (N-methyl/N-ethyl adjacent to an activating group) is 1. The fraction of sp³-hybridized carbons (Fsp3) is 0.588. The lowest BCUT2D eigenvalue weighted by Gasteiger charge is -2.44. The molecule has 1 aromatic rings. The van der Waals surface area contributed by atoms with Gasteiger partial charge in [-0.05, 0) is 56.0 Å². The third-order valence-electron chi connectivity index (χ3n) is 5.60. The lowest BCUT2D eigenvalue weighted by atomic mass is 9.71. The van der Waals surface area contributed by atoms with Crippen molar-refractivity contribution in [1.29, 1.82) is 0 Å². The Bertz CT molecular complexity index is 586. The lowest BCUT2D eigenvalue weighted by Crippen LogP contribution is -2.45. The van der Waals surface area contributed by atoms with Gasteiger partial charge in [-0.1, -0.05) is 12.1 Å². The van der Waals surface area contributed by atoms with Gasteiger partial charge in [-0.25, -0.2) is 4.79 Å². The predicted molar refractivity (Wildman–Crippen MR) is 81.9 cm³/mol. The third-order valence-corrected chi connectivity index (χ3v) is 5.60. The molecule has 4 nitrogen and oxygen atoms in total. The van der Waals surface area contributed by atoms with E-state index in [-0.39, 0.29) is 6.09 Å². The van der Waals surface area contributed by atoms with Gasteiger partial charge >= 0.3 is 6.09 Å². The molecule has 1 aliphatic carbocycles. The summed E-state index contributed by atoms with van der Waals surface area (Å²) < 4.78 is 4.96. The maximum absolute atomic E-state index is 12.0. The van der Waals surface area contributed by atoms with Crippen LogP contribution >= 0.6 is 0 Å². The molecular formula is C17H22N2O2. The average Bonchev–Trinajstić information content (AvgIpc) is 2.88. The maximum atomic E-state index is 12.0. The minimum absolute atomic E-state index is 0.228. The van der Waals surface area contributed by atoms with Crippen LogP contribution in [0.25, 0.3) is 0 Å². The molecule has 0 spiro atoms. The number of carbonyl (C=O) groups is 1. The highest BCUT2D eigenvalue weighted by Crippen LogP contribution is 2.51. The quantitative estimate of drug-likeness (QED) is 0.735. The van der Waals surface area contributed by atoms with Gasteiger partial charge in [0.1, 0.15) is 0 Å². The topological polar surface area (TPSA) is 32.8 Å². The number of benzene rings is 1. The van der Waals surface area contributed by atoms with Crippen LogP contribution in [-0.4, -0.2) is 44.3 Å². The highest BCUT2D eigenvalue weighted by Gasteiger charge is 2.44. The Morgan fingerprint density at radius 2 is 2.24 bits per heavy atom. The molecule has 1 saturated heterocycles. The molecule has 1 unspecified atom stereocenters. The van der Waals surface area contributed by atoms with E-state index in [4.69, 9.17) is 4.74 Å². The van der Waals surface area contributed by atoms with Crippen LogP contribution in [0.2, 0.25) is 0 Å². The van der Waals surface area contributed by atoms with Gasteiger partial charge in [0.15, 0.2) is 0 Å². The van der Waals surface area contributed by atoms with Crippen LogP contribution in [0.5, 0.6) is 0 Å². The van der Waals surface area contributed by atoms with Crippen molar-refractivity contribution >= 4 is 11.8 Å². The monoisotopic (exact) mass is 286 g/mol. The summed E-state index contributed by atoms with van der Waals surface area (Å²) >= 11 is 0. The van der Waals surface area contributed by atoms with Gasteiger partial charge < -0.3 is 9.64 Å². The molecule has 4 rings (SSSR count). The number of methoxy groups -OCH3 is 1. The molecule has 2 heterocycles. The number of ether oxygens (including phenoxy) is 1. The van der Waals surface area contributed by atoms with Crippen LogP contribution in [0, 0.1) is 0 Å². The van der Waals surface area contributed by atoms with E-state index in [9.17, 15) is 4.79 Å². The number of fused-ring (bicyclic) bond motifs is 2. The van der Waals surface area contributed by atoms with Crippen molar-refractivity contribution in [2.45, 2.75) is 37.1 Å². The van der Waals surface area contributed by atoms with Gasteiger partial charge in [0.2, 0.25) is 0 Å². The van der Waals surface area contributed by atoms with Gasteiger partial charge in [0.25, 0.3) is 0 Å². The van der Waals surface area contributed by atoms with E-state index >= 15 is 0 Å². The van der Waals surface area contributed by atoms with Gasteiger partial charge in [-0.3, -0.25) is 4.90 Å². The molecule has 21 heavy (non-hydrogen) atoms. The van der Waals surface area contributed by atoms with E-state index < -0.39 is 0 Å². The molecule has 0 aromatic heterocycles. The lowest BCUT2D eigenvalue weighted by molar-refractivity contribution is 0.135. The SMILES string of the molecule is COC(=O)N1CC2C[C@@H]3[C@H](CCCN3C)c3cccc1c32. The zero-order valence-electron chi connectivity index (χ0n) is 12.7. The molecule has 0 N–H and O–H groups in total. The molecule has 0 radical (unpaired) electrons. The molecule has 0 bridgehead atoms. The molecular weight excluding hydrogens is 264 g/mol. The van der Waals surface area contributed by atoms with Gasteiger partial charge in [0, 0.05) is 18.5 Å². The first kappa shape index (κ1) is 13.1. The molecule has 3 atom stereocenters. The molecule has 4 heteroatoms. The number of amides is 1. The Kier molecular flexibility index (Phi) is 2.96. The fourth-order valence-electron chi connectivity index (χ4n) is 4.68. The van der Waals surface area contributed by atoms with Crippen molar-refractivity contribution in [2.75, 3.05) is 32.1 Å². The number of carbonyl (C=O) groups excluding carboxylic acids is 1. The van der Waals surface area contributed by atoms with E-state index in [0.29, 0.717) is 17.9 Å². The molecule has 112 valence electrons. The Balaban J connectivity index is 1.79. The van der Waals surface area contributed by atoms with E-state index in [1.807, 2.05) is 4.90 Å². The van der Waals surface area contributed by atoms with Crippen LogP contribution in [0.1, 0.15) is 42.2 Å². The van der Waals surface area contributed by atoms with Crippen molar-refractivity contribution in [3.05, 3.63) is 29.3 Å². The predicted octanol–water partition coefficient (Wildman–Crippen LogP) is 2.94. The van der Waals surface area contributed by atoms with Gasteiger partial charge in [-0.15, -0.1) is 0 Å². The van der Waals surface area contributed by atoms with Crippen molar-refractivity contribution < 1.29 is 9.53 Å². The second-order valence-electron chi connectivity index (χ2n) is 6.59. The number of nitrogens with zero attached hydrogens (tertiary/aromatic N) is 2. The summed E-state index contributed by atoms with van der Waals surface area (Å²) in [5, 5.41) is 0. The number of likely N-dealkylation sites (tertiary alicyclic amines) is 1. The Morgan fingerprint density at radius 1 is 1.38 bits per heavy atom. The summed E-state index contributed by atoms with van der Waals surface area (Å²) in [5.41, 5.74) is 3.97. The Morgan fingerprint density at radius 3 is 3.05 bits per heavy atom. The van der Waals surface area contributed by atoms with E-state index in [0.717, 1.165) is 12.2 Å². The van der Waals surface area contributed by atoms with E-state index in [1.165, 1.54) is 44.0 Å². The van der Waals surface area contributed by atoms with Gasteiger partial charge in [-0.2, -0.15) is 0 Å². The summed E-state index contributed by atoms with van der Waals surface area (Å²) in [4.78, 5) is 16.4. The van der Waals surface area contributed by atoms with E-state index in [1.54, 1.807) is 0 Å². The minimum atomic E-state index is -0.228. The molecule has 1 aromatic carbocycles. The largest absolute Gasteiger partial charge is 0.452 e. The first-order valence-electron chi connectivity index (χ1n) is 7.89. The van der Waals surface area contributed by atoms with Crippen molar-refractivity contribution in [3.8, 4) is 0 Å². The van der Waals surface area contributed by atoms with E-state index in [2.05, 4.69) is 30.1 Å². The summed E-state index contributed by atoms with van der Waals surface area (Å²) in [5.74, 6) is 1.10. The van der Waals surface area contributed by atoms with Crippen LogP contribution < -0.4 is 4.90 Å². The zero-order chi connectivity index (χ0) is 14.6. The number of piperidine rings is 1. The zero-order valence-corrected chi connectivity index (χ0v) is 12.7. The number of hydrogen-bond acceptors (Lipinski definition) is 3. The van der Waals surface area contributed by atoms with Crippen LogP contribution in [-0.2, 0) is 4.74 Å². The Hall–Kier alpha value is -1.55. The van der Waals surface area contributed by atoms with Crippen molar-refractivity contribution in [1.82, 2.24) is 4.90 Å². The molecule has 3 aliphatic rings. The van der Waals surface area contributed by atoms with Crippen molar-refractivity contribution in [3.63, 3.8) is 0 Å². The molecule has 1 fully saturated rings. The Labute approximate surface area is 125 Å². The van der Waals surface area contributed by atoms with Crippen LogP contribution in [0.4, 0.5) is 10.5 Å². The average molecular weight is 286 g/mol. The van der Waals surface area contributed by atoms with Gasteiger partial charge in [0.05, 0.1) is 12.8 Å². The number of hydrogen-bond donors (Lipinski definition) is 0. The summed E-state index contributed by atoms with van der Waals surface area (Å²) in [6.45, 7) is 1.97.